The molecule has 3 heterocycles. The minimum Gasteiger partial charge on any atom is -0.369 e. The Bertz CT molecular complexity index is 1130. The Morgan fingerprint density at radius 2 is 1.81 bits per heavy atom. The van der Waals surface area contributed by atoms with Crippen LogP contribution in [0.3, 0.4) is 0 Å². The highest BCUT2D eigenvalue weighted by Gasteiger charge is 2.32. The second-order valence-corrected chi connectivity index (χ2v) is 10.2. The molecule has 37 heavy (non-hydrogen) atoms. The first kappa shape index (κ1) is 25.5. The largest absolute Gasteiger partial charge is 0.369 e. The number of nitrogens with one attached hydrogen (secondary N) is 1. The second kappa shape index (κ2) is 11.5. The highest BCUT2D eigenvalue weighted by molar-refractivity contribution is 6.03. The first-order valence-corrected chi connectivity index (χ1v) is 13.3. The van der Waals surface area contributed by atoms with Gasteiger partial charge in [-0.15, -0.1) is 0 Å². The number of hydrogen-bond donors (Lipinski definition) is 2. The topological polar surface area (TPSA) is 115 Å². The predicted octanol–water partition coefficient (Wildman–Crippen LogP) is 3.29. The number of piperidine rings is 1. The highest BCUT2D eigenvalue weighted by atomic mass is 19.1. The van der Waals surface area contributed by atoms with E-state index in [1.165, 1.54) is 43.5 Å². The van der Waals surface area contributed by atoms with E-state index in [2.05, 4.69) is 19.8 Å². The van der Waals surface area contributed by atoms with E-state index >= 15 is 0 Å². The van der Waals surface area contributed by atoms with Crippen LogP contribution in [0, 0.1) is 11.7 Å². The van der Waals surface area contributed by atoms with Crippen LogP contribution in [0.15, 0.2) is 29.3 Å². The van der Waals surface area contributed by atoms with Crippen molar-refractivity contribution in [1.29, 1.82) is 0 Å². The maximum Gasteiger partial charge on any atom is 0.257 e. The van der Waals surface area contributed by atoms with Gasteiger partial charge in [-0.2, -0.15) is 0 Å². The molecule has 198 valence electrons. The number of anilines is 1. The number of ether oxygens (including phenoxy) is 1. The van der Waals surface area contributed by atoms with Crippen LogP contribution in [0.4, 0.5) is 10.3 Å². The average molecular weight is 511 g/mol. The van der Waals surface area contributed by atoms with Crippen molar-refractivity contribution in [2.45, 2.75) is 63.6 Å². The molecule has 2 fully saturated rings. The summed E-state index contributed by atoms with van der Waals surface area (Å²) >= 11 is 0. The molecule has 1 atom stereocenters. The van der Waals surface area contributed by atoms with Crippen LogP contribution in [0.1, 0.15) is 72.7 Å². The molecule has 9 nitrogen and oxygen atoms in total. The number of aromatic nitrogens is 2. The maximum atomic E-state index is 13.3. The number of benzene rings is 1. The van der Waals surface area contributed by atoms with E-state index in [1.54, 1.807) is 6.21 Å². The first-order valence-electron chi connectivity index (χ1n) is 13.3. The van der Waals surface area contributed by atoms with E-state index in [0.717, 1.165) is 38.2 Å². The zero-order valence-corrected chi connectivity index (χ0v) is 21.1. The molecule has 3 aliphatic rings. The number of fused-ring (bicyclic) bond motifs is 1. The van der Waals surface area contributed by atoms with E-state index in [1.807, 2.05) is 0 Å². The number of imidazole rings is 1. The van der Waals surface area contributed by atoms with E-state index < -0.39 is 5.82 Å². The van der Waals surface area contributed by atoms with Gasteiger partial charge in [-0.1, -0.05) is 6.42 Å². The molecule has 1 unspecified atom stereocenters. The molecular weight excluding hydrogens is 475 g/mol. The van der Waals surface area contributed by atoms with Gasteiger partial charge < -0.3 is 19.9 Å². The predicted molar refractivity (Wildman–Crippen MR) is 138 cm³/mol. The zero-order valence-electron chi connectivity index (χ0n) is 21.1. The summed E-state index contributed by atoms with van der Waals surface area (Å²) < 4.78 is 21.6. The highest BCUT2D eigenvalue weighted by Crippen LogP contribution is 2.37. The summed E-state index contributed by atoms with van der Waals surface area (Å²) in [5, 5.41) is 2.93. The Kier molecular flexibility index (Phi) is 7.95. The lowest BCUT2D eigenvalue weighted by Crippen LogP contribution is -2.34. The van der Waals surface area contributed by atoms with Crippen LogP contribution in [-0.2, 0) is 16.0 Å². The van der Waals surface area contributed by atoms with Gasteiger partial charge in [-0.25, -0.2) is 9.37 Å². The van der Waals surface area contributed by atoms with Crippen molar-refractivity contribution in [3.8, 4) is 0 Å². The molecule has 1 aromatic carbocycles. The summed E-state index contributed by atoms with van der Waals surface area (Å²) in [7, 11) is 0. The van der Waals surface area contributed by atoms with Crippen LogP contribution in [0.5, 0.6) is 0 Å². The average Bonchev–Trinajstić information content (AvgIpc) is 3.26. The maximum absolute atomic E-state index is 13.3. The Hall–Kier alpha value is -3.11. The number of amides is 2. The van der Waals surface area contributed by atoms with Crippen molar-refractivity contribution in [3.63, 3.8) is 0 Å². The number of nitrogens with zero attached hydrogens (tertiary/aromatic N) is 4. The molecular formula is C27H35FN6O3. The van der Waals surface area contributed by atoms with Crippen molar-refractivity contribution in [1.82, 2.24) is 14.5 Å². The summed E-state index contributed by atoms with van der Waals surface area (Å²) in [5.74, 6) is -0.712. The Labute approximate surface area is 216 Å². The van der Waals surface area contributed by atoms with Gasteiger partial charge in [0.05, 0.1) is 18.5 Å². The van der Waals surface area contributed by atoms with Gasteiger partial charge in [0.15, 0.2) is 6.23 Å². The molecule has 0 bridgehead atoms. The summed E-state index contributed by atoms with van der Waals surface area (Å²) in [4.78, 5) is 36.4. The van der Waals surface area contributed by atoms with Gasteiger partial charge in [0.25, 0.3) is 5.91 Å². The van der Waals surface area contributed by atoms with Crippen LogP contribution in [0.25, 0.3) is 0 Å². The molecule has 2 aromatic rings. The lowest BCUT2D eigenvalue weighted by Gasteiger charge is -2.31. The van der Waals surface area contributed by atoms with Crippen molar-refractivity contribution in [2.75, 3.05) is 31.6 Å². The zero-order chi connectivity index (χ0) is 25.8. The molecule has 5 rings (SSSR count). The number of primary amides is 1. The van der Waals surface area contributed by atoms with Gasteiger partial charge in [0, 0.05) is 30.5 Å². The fourth-order valence-corrected chi connectivity index (χ4v) is 5.64. The Balaban J connectivity index is 1.32. The number of hydrogen-bond acceptors (Lipinski definition) is 6. The molecule has 1 aliphatic carbocycles. The van der Waals surface area contributed by atoms with Gasteiger partial charge >= 0.3 is 0 Å². The third kappa shape index (κ3) is 6.07. The molecule has 2 amide bonds. The fourth-order valence-electron chi connectivity index (χ4n) is 5.64. The number of halogens is 1. The lowest BCUT2D eigenvalue weighted by atomic mass is 9.85. The van der Waals surface area contributed by atoms with E-state index in [4.69, 9.17) is 15.5 Å². The van der Waals surface area contributed by atoms with E-state index in [9.17, 15) is 14.0 Å². The van der Waals surface area contributed by atoms with Crippen LogP contribution in [-0.4, -0.2) is 64.9 Å². The van der Waals surface area contributed by atoms with Gasteiger partial charge in [-0.3, -0.25) is 19.9 Å². The monoisotopic (exact) mass is 510 g/mol. The van der Waals surface area contributed by atoms with Gasteiger partial charge in [-0.05, 0) is 75.9 Å². The van der Waals surface area contributed by atoms with Crippen LogP contribution in [0.2, 0.25) is 0 Å². The summed E-state index contributed by atoms with van der Waals surface area (Å²) in [6.45, 7) is 3.76. The van der Waals surface area contributed by atoms with Gasteiger partial charge in [0.1, 0.15) is 11.5 Å². The van der Waals surface area contributed by atoms with E-state index in [0.29, 0.717) is 43.1 Å². The fraction of sp³-hybridized carbons (Fsp3) is 0.556. The lowest BCUT2D eigenvalue weighted by molar-refractivity contribution is -0.122. The summed E-state index contributed by atoms with van der Waals surface area (Å²) in [6.07, 6.45) is 8.67. The minimum atomic E-state index is -0.401. The number of aliphatic imine (C=N–C) groups is 1. The second-order valence-electron chi connectivity index (χ2n) is 10.2. The number of likely N-dealkylation sites (tertiary alicyclic amines) is 1. The Morgan fingerprint density at radius 3 is 2.51 bits per heavy atom. The standard InChI is InChI=1S/C27H35FN6O3/c28-20-8-4-19(5-9-20)26(36)32-27-31-22-17-30-24(37-15-14-33-12-2-1-3-13-33)16-23(22)34(27)21-10-6-18(7-11-21)25(29)35/h4-5,8-9,17-18,21,24H,1-3,6-7,10-16H2,(H2,29,35)(H,31,32,36). The van der Waals surface area contributed by atoms with Gasteiger partial charge in [0.2, 0.25) is 11.9 Å². The molecule has 10 heteroatoms. The third-order valence-electron chi connectivity index (χ3n) is 7.73. The molecule has 2 aliphatic heterocycles. The SMILES string of the molecule is NC(=O)C1CCC(n2c(NC(=O)c3ccc(F)cc3)nc3c2CC(OCCN2CCCCC2)N=C3)CC1. The normalized spacial score (nSPS) is 24.0. The van der Waals surface area contributed by atoms with Crippen LogP contribution < -0.4 is 11.1 Å². The smallest absolute Gasteiger partial charge is 0.257 e. The van der Waals surface area contributed by atoms with E-state index in [-0.39, 0.29) is 30.0 Å². The molecule has 0 radical (unpaired) electrons. The molecule has 1 aromatic heterocycles. The van der Waals surface area contributed by atoms with Crippen molar-refractivity contribution >= 4 is 24.0 Å². The summed E-state index contributed by atoms with van der Waals surface area (Å²) in [5.41, 5.74) is 7.58. The van der Waals surface area contributed by atoms with Crippen molar-refractivity contribution in [3.05, 3.63) is 47.0 Å². The first-order chi connectivity index (χ1) is 18.0. The molecule has 3 N–H and O–H groups in total. The minimum absolute atomic E-state index is 0.0656. The van der Waals surface area contributed by atoms with Crippen molar-refractivity contribution in [2.24, 2.45) is 16.6 Å². The number of rotatable bonds is 8. The number of carbonyl (C=O) groups is 2. The third-order valence-corrected chi connectivity index (χ3v) is 7.73. The quantitative estimate of drug-likeness (QED) is 0.566. The van der Waals surface area contributed by atoms with Crippen molar-refractivity contribution < 1.29 is 18.7 Å². The number of carbonyl (C=O) groups excluding carboxylic acids is 2. The Morgan fingerprint density at radius 1 is 1.08 bits per heavy atom. The molecule has 1 saturated heterocycles. The number of nitrogens with two attached hydrogens (primary N) is 1. The molecule has 0 spiro atoms. The summed E-state index contributed by atoms with van der Waals surface area (Å²) in [6, 6.07) is 5.48. The van der Waals surface area contributed by atoms with Crippen LogP contribution >= 0.6 is 0 Å². The molecule has 1 saturated carbocycles.